The first-order valence-electron chi connectivity index (χ1n) is 4.68. The number of hydrogen-bond acceptors (Lipinski definition) is 6. The second kappa shape index (κ2) is 5.49. The summed E-state index contributed by atoms with van der Waals surface area (Å²) in [6, 6.07) is 1.77. The molecule has 0 bridgehead atoms. The topological polar surface area (TPSA) is 149 Å². The van der Waals surface area contributed by atoms with Crippen LogP contribution in [0.3, 0.4) is 0 Å². The van der Waals surface area contributed by atoms with Gasteiger partial charge in [0.1, 0.15) is 11.6 Å². The number of carbonyl (C=O) groups is 1. The highest BCUT2D eigenvalue weighted by Crippen LogP contribution is 2.18. The molecule has 0 radical (unpaired) electrons. The SMILES string of the molecule is NC(=O)NCCNc1cc([N+](=O)[O-])cc(N)n1. The van der Waals surface area contributed by atoms with Crippen molar-refractivity contribution >= 4 is 23.4 Å². The Balaban J connectivity index is 2.59. The highest BCUT2D eigenvalue weighted by atomic mass is 16.6. The predicted octanol–water partition coefficient (Wildman–Crippen LogP) is -0.348. The second-order valence-electron chi connectivity index (χ2n) is 3.11. The average molecular weight is 240 g/mol. The lowest BCUT2D eigenvalue weighted by atomic mass is 10.3. The number of anilines is 2. The van der Waals surface area contributed by atoms with Gasteiger partial charge in [0.25, 0.3) is 5.69 Å². The highest BCUT2D eigenvalue weighted by Gasteiger charge is 2.09. The number of nitrogen functional groups attached to an aromatic ring is 1. The van der Waals surface area contributed by atoms with E-state index in [1.807, 2.05) is 0 Å². The van der Waals surface area contributed by atoms with Crippen LogP contribution in [0.1, 0.15) is 0 Å². The molecule has 1 aromatic heterocycles. The van der Waals surface area contributed by atoms with Gasteiger partial charge in [-0.25, -0.2) is 9.78 Å². The number of nitrogens with one attached hydrogen (secondary N) is 2. The fourth-order valence-electron chi connectivity index (χ4n) is 1.11. The van der Waals surface area contributed by atoms with Gasteiger partial charge in [0.15, 0.2) is 0 Å². The van der Waals surface area contributed by atoms with Gasteiger partial charge in [0.05, 0.1) is 17.1 Å². The fraction of sp³-hybridized carbons (Fsp3) is 0.250. The van der Waals surface area contributed by atoms with Gasteiger partial charge in [0.2, 0.25) is 0 Å². The molecule has 0 unspecified atom stereocenters. The third-order valence-corrected chi connectivity index (χ3v) is 1.77. The molecule has 17 heavy (non-hydrogen) atoms. The van der Waals surface area contributed by atoms with Crippen LogP contribution < -0.4 is 22.1 Å². The van der Waals surface area contributed by atoms with Crippen molar-refractivity contribution in [1.82, 2.24) is 10.3 Å². The molecule has 6 N–H and O–H groups in total. The van der Waals surface area contributed by atoms with Gasteiger partial charge in [-0.3, -0.25) is 10.1 Å². The van der Waals surface area contributed by atoms with E-state index in [0.717, 1.165) is 6.07 Å². The number of nitrogens with two attached hydrogens (primary N) is 2. The molecule has 1 aromatic rings. The maximum atomic E-state index is 10.5. The summed E-state index contributed by atoms with van der Waals surface area (Å²) < 4.78 is 0. The van der Waals surface area contributed by atoms with Crippen LogP contribution in [0.4, 0.5) is 22.1 Å². The number of primary amides is 1. The molecule has 2 amide bonds. The molecule has 1 heterocycles. The normalized spacial score (nSPS) is 9.65. The summed E-state index contributed by atoms with van der Waals surface area (Å²) in [6.07, 6.45) is 0. The number of nitro groups is 1. The number of amides is 2. The van der Waals surface area contributed by atoms with Gasteiger partial charge in [-0.05, 0) is 0 Å². The van der Waals surface area contributed by atoms with E-state index in [1.54, 1.807) is 0 Å². The van der Waals surface area contributed by atoms with Crippen molar-refractivity contribution in [1.29, 1.82) is 0 Å². The number of aromatic nitrogens is 1. The van der Waals surface area contributed by atoms with E-state index in [4.69, 9.17) is 11.5 Å². The van der Waals surface area contributed by atoms with E-state index in [-0.39, 0.29) is 23.9 Å². The average Bonchev–Trinajstić information content (AvgIpc) is 2.23. The molecular weight excluding hydrogens is 228 g/mol. The smallest absolute Gasteiger partial charge is 0.312 e. The van der Waals surface area contributed by atoms with Gasteiger partial charge < -0.3 is 22.1 Å². The zero-order valence-electron chi connectivity index (χ0n) is 8.84. The maximum Gasteiger partial charge on any atom is 0.312 e. The maximum absolute atomic E-state index is 10.5. The lowest BCUT2D eigenvalue weighted by molar-refractivity contribution is -0.384. The first-order chi connectivity index (χ1) is 7.99. The van der Waals surface area contributed by atoms with E-state index in [0.29, 0.717) is 6.54 Å². The molecule has 0 aliphatic heterocycles. The number of pyridine rings is 1. The van der Waals surface area contributed by atoms with Crippen LogP contribution in [0.5, 0.6) is 0 Å². The Kier molecular flexibility index (Phi) is 4.03. The van der Waals surface area contributed by atoms with Crippen molar-refractivity contribution in [3.8, 4) is 0 Å². The zero-order chi connectivity index (χ0) is 12.8. The number of carbonyl (C=O) groups excluding carboxylic acids is 1. The van der Waals surface area contributed by atoms with Crippen LogP contribution in [0, 0.1) is 10.1 Å². The molecule has 9 nitrogen and oxygen atoms in total. The van der Waals surface area contributed by atoms with Crippen LogP contribution >= 0.6 is 0 Å². The molecule has 9 heteroatoms. The minimum Gasteiger partial charge on any atom is -0.383 e. The van der Waals surface area contributed by atoms with Gasteiger partial charge in [-0.2, -0.15) is 0 Å². The highest BCUT2D eigenvalue weighted by molar-refractivity contribution is 5.71. The molecule has 0 atom stereocenters. The molecule has 1 rings (SSSR count). The van der Waals surface area contributed by atoms with Crippen molar-refractivity contribution in [2.75, 3.05) is 24.1 Å². The molecule has 0 aliphatic rings. The molecule has 0 aromatic carbocycles. The van der Waals surface area contributed by atoms with Crippen LogP contribution in [0.2, 0.25) is 0 Å². The van der Waals surface area contributed by atoms with Crippen LogP contribution in [-0.4, -0.2) is 29.0 Å². The Labute approximate surface area is 96.3 Å². The van der Waals surface area contributed by atoms with Gasteiger partial charge in [-0.15, -0.1) is 0 Å². The van der Waals surface area contributed by atoms with Gasteiger partial charge >= 0.3 is 6.03 Å². The monoisotopic (exact) mass is 240 g/mol. The van der Waals surface area contributed by atoms with Crippen LogP contribution in [0.15, 0.2) is 12.1 Å². The molecule has 0 spiro atoms. The molecule has 92 valence electrons. The van der Waals surface area contributed by atoms with Crippen molar-refractivity contribution in [3.05, 3.63) is 22.2 Å². The van der Waals surface area contributed by atoms with E-state index in [9.17, 15) is 14.9 Å². The number of nitrogens with zero attached hydrogens (tertiary/aromatic N) is 2. The van der Waals surface area contributed by atoms with Crippen LogP contribution in [0.25, 0.3) is 0 Å². The first-order valence-corrected chi connectivity index (χ1v) is 4.68. The molecule has 0 aliphatic carbocycles. The van der Waals surface area contributed by atoms with E-state index in [1.165, 1.54) is 6.07 Å². The van der Waals surface area contributed by atoms with E-state index in [2.05, 4.69) is 15.6 Å². The Morgan fingerprint density at radius 3 is 2.76 bits per heavy atom. The van der Waals surface area contributed by atoms with Crippen molar-refractivity contribution in [2.24, 2.45) is 5.73 Å². The third kappa shape index (κ3) is 4.20. The standard InChI is InChI=1S/C8H12N6O3/c9-6-3-5(14(16)17)4-7(13-6)11-1-2-12-8(10)15/h3-4H,1-2H2,(H3,9,11,13)(H3,10,12,15). The van der Waals surface area contributed by atoms with Gasteiger partial charge in [-0.1, -0.05) is 0 Å². The summed E-state index contributed by atoms with van der Waals surface area (Å²) >= 11 is 0. The predicted molar refractivity (Wildman–Crippen MR) is 61.4 cm³/mol. The third-order valence-electron chi connectivity index (χ3n) is 1.77. The van der Waals surface area contributed by atoms with Crippen molar-refractivity contribution in [3.63, 3.8) is 0 Å². The number of urea groups is 1. The summed E-state index contributed by atoms with van der Waals surface area (Å²) in [5.41, 5.74) is 10.1. The van der Waals surface area contributed by atoms with Crippen molar-refractivity contribution < 1.29 is 9.72 Å². The zero-order valence-corrected chi connectivity index (χ0v) is 8.84. The van der Waals surface area contributed by atoms with Crippen molar-refractivity contribution in [2.45, 2.75) is 0 Å². The lowest BCUT2D eigenvalue weighted by Crippen LogP contribution is -2.33. The lowest BCUT2D eigenvalue weighted by Gasteiger charge is -2.06. The molecule has 0 saturated carbocycles. The Morgan fingerprint density at radius 1 is 1.47 bits per heavy atom. The number of rotatable bonds is 5. The first kappa shape index (κ1) is 12.5. The summed E-state index contributed by atoms with van der Waals surface area (Å²) in [5, 5.41) is 15.7. The summed E-state index contributed by atoms with van der Waals surface area (Å²) in [4.78, 5) is 24.2. The quantitative estimate of drug-likeness (QED) is 0.314. The Morgan fingerprint density at radius 2 is 2.18 bits per heavy atom. The largest absolute Gasteiger partial charge is 0.383 e. The molecule has 0 fully saturated rings. The van der Waals surface area contributed by atoms with E-state index >= 15 is 0 Å². The molecule has 0 saturated heterocycles. The van der Waals surface area contributed by atoms with E-state index < -0.39 is 11.0 Å². The number of hydrogen-bond donors (Lipinski definition) is 4. The fourth-order valence-corrected chi connectivity index (χ4v) is 1.11. The Hall–Kier alpha value is -2.58. The summed E-state index contributed by atoms with van der Waals surface area (Å²) in [7, 11) is 0. The molecular formula is C8H12N6O3. The summed E-state index contributed by atoms with van der Waals surface area (Å²) in [5.74, 6) is 0.313. The minimum absolute atomic E-state index is 0.0459. The minimum atomic E-state index is -0.640. The second-order valence-corrected chi connectivity index (χ2v) is 3.11. The van der Waals surface area contributed by atoms with Gasteiger partial charge in [0, 0.05) is 13.1 Å². The van der Waals surface area contributed by atoms with Crippen LogP contribution in [-0.2, 0) is 0 Å². The summed E-state index contributed by atoms with van der Waals surface area (Å²) in [6.45, 7) is 0.607. The Bertz CT molecular complexity index is 435.